The van der Waals surface area contributed by atoms with Gasteiger partial charge in [-0.05, 0) is 24.9 Å². The predicted molar refractivity (Wildman–Crippen MR) is 74.8 cm³/mol. The van der Waals surface area contributed by atoms with Crippen LogP contribution in [0.25, 0.3) is 10.8 Å². The van der Waals surface area contributed by atoms with Gasteiger partial charge in [-0.3, -0.25) is 0 Å². The van der Waals surface area contributed by atoms with Crippen molar-refractivity contribution in [2.75, 3.05) is 25.5 Å². The van der Waals surface area contributed by atoms with Crippen LogP contribution in [-0.2, 0) is 0 Å². The Balaban J connectivity index is 2.51. The van der Waals surface area contributed by atoms with E-state index in [1.165, 1.54) is 10.9 Å². The van der Waals surface area contributed by atoms with Crippen LogP contribution in [0, 0.1) is 0 Å². The lowest BCUT2D eigenvalue weighted by Gasteiger charge is -2.15. The molecule has 3 N–H and O–H groups in total. The van der Waals surface area contributed by atoms with Crippen LogP contribution < -0.4 is 10.6 Å². The van der Waals surface area contributed by atoms with E-state index in [4.69, 9.17) is 5.11 Å². The summed E-state index contributed by atoms with van der Waals surface area (Å²) in [7, 11) is 1.94. The fourth-order valence-corrected chi connectivity index (χ4v) is 2.03. The van der Waals surface area contributed by atoms with Gasteiger partial charge in [0.25, 0.3) is 0 Å². The minimum atomic E-state index is 0.102. The molecule has 0 bridgehead atoms. The van der Waals surface area contributed by atoms with Gasteiger partial charge in [0.2, 0.25) is 0 Å². The van der Waals surface area contributed by atoms with Gasteiger partial charge in [-0.25, -0.2) is 4.98 Å². The molecule has 0 radical (unpaired) electrons. The third-order valence-corrected chi connectivity index (χ3v) is 3.13. The molecule has 0 spiro atoms. The van der Waals surface area contributed by atoms with E-state index in [2.05, 4.69) is 28.6 Å². The van der Waals surface area contributed by atoms with Gasteiger partial charge in [-0.1, -0.05) is 24.3 Å². The number of aliphatic hydroxyl groups excluding tert-OH is 1. The van der Waals surface area contributed by atoms with Crippen molar-refractivity contribution in [3.8, 4) is 0 Å². The second-order valence-corrected chi connectivity index (χ2v) is 4.27. The van der Waals surface area contributed by atoms with E-state index in [9.17, 15) is 0 Å². The average Bonchev–Trinajstić information content (AvgIpc) is 2.43. The van der Waals surface area contributed by atoms with Gasteiger partial charge in [0.15, 0.2) is 0 Å². The number of nitrogens with one attached hydrogen (secondary N) is 2. The Morgan fingerprint density at radius 3 is 2.67 bits per heavy atom. The van der Waals surface area contributed by atoms with Gasteiger partial charge in [0.1, 0.15) is 5.82 Å². The monoisotopic (exact) mass is 245 g/mol. The second-order valence-electron chi connectivity index (χ2n) is 4.27. The number of benzene rings is 1. The highest BCUT2D eigenvalue weighted by atomic mass is 16.3. The lowest BCUT2D eigenvalue weighted by Crippen LogP contribution is -2.14. The number of aromatic nitrogens is 1. The van der Waals surface area contributed by atoms with E-state index in [0.717, 1.165) is 11.2 Å². The third-order valence-electron chi connectivity index (χ3n) is 3.13. The molecule has 4 nitrogen and oxygen atoms in total. The highest BCUT2D eigenvalue weighted by Gasteiger charge is 2.10. The Labute approximate surface area is 107 Å². The fraction of sp³-hybridized carbons (Fsp3) is 0.357. The van der Waals surface area contributed by atoms with Gasteiger partial charge >= 0.3 is 0 Å². The standard InChI is InChI=1S/C14H19N3O/c1-10(15-2)13-9-17-14(16-7-8-18)12-6-4-3-5-11(12)13/h3-6,9-10,15,18H,7-8H2,1-2H3,(H,16,17). The Kier molecular flexibility index (Phi) is 4.12. The highest BCUT2D eigenvalue weighted by Crippen LogP contribution is 2.27. The zero-order chi connectivity index (χ0) is 13.0. The molecular formula is C14H19N3O. The molecule has 4 heteroatoms. The smallest absolute Gasteiger partial charge is 0.133 e. The van der Waals surface area contributed by atoms with Gasteiger partial charge in [0.05, 0.1) is 6.61 Å². The molecule has 0 saturated heterocycles. The van der Waals surface area contributed by atoms with Crippen LogP contribution in [0.3, 0.4) is 0 Å². The number of anilines is 1. The molecule has 0 aliphatic heterocycles. The van der Waals surface area contributed by atoms with Crippen LogP contribution in [0.1, 0.15) is 18.5 Å². The Hall–Kier alpha value is -1.65. The fourth-order valence-electron chi connectivity index (χ4n) is 2.03. The molecule has 18 heavy (non-hydrogen) atoms. The molecule has 0 fully saturated rings. The molecule has 0 aliphatic rings. The first-order valence-electron chi connectivity index (χ1n) is 6.17. The Morgan fingerprint density at radius 2 is 2.00 bits per heavy atom. The molecule has 0 amide bonds. The van der Waals surface area contributed by atoms with Gasteiger partial charge < -0.3 is 15.7 Å². The number of fused-ring (bicyclic) bond motifs is 1. The first kappa shape index (κ1) is 12.8. The predicted octanol–water partition coefficient (Wildman–Crippen LogP) is 1.92. The van der Waals surface area contributed by atoms with Crippen LogP contribution in [0.15, 0.2) is 30.5 Å². The van der Waals surface area contributed by atoms with Crippen molar-refractivity contribution in [1.82, 2.24) is 10.3 Å². The number of hydrogen-bond donors (Lipinski definition) is 3. The highest BCUT2D eigenvalue weighted by molar-refractivity contribution is 5.94. The van der Waals surface area contributed by atoms with E-state index < -0.39 is 0 Å². The summed E-state index contributed by atoms with van der Waals surface area (Å²) in [6.07, 6.45) is 1.89. The molecular weight excluding hydrogens is 226 g/mol. The quantitative estimate of drug-likeness (QED) is 0.753. The lowest BCUT2D eigenvalue weighted by molar-refractivity contribution is 0.311. The van der Waals surface area contributed by atoms with Gasteiger partial charge in [-0.2, -0.15) is 0 Å². The summed E-state index contributed by atoms with van der Waals surface area (Å²) in [5.74, 6) is 0.826. The van der Waals surface area contributed by atoms with Crippen LogP contribution in [0.4, 0.5) is 5.82 Å². The molecule has 2 rings (SSSR count). The molecule has 1 aromatic carbocycles. The van der Waals surface area contributed by atoms with Crippen LogP contribution in [0.2, 0.25) is 0 Å². The number of rotatable bonds is 5. The summed E-state index contributed by atoms with van der Waals surface area (Å²) in [5, 5.41) is 17.5. The normalized spacial score (nSPS) is 12.6. The molecule has 1 unspecified atom stereocenters. The summed E-state index contributed by atoms with van der Waals surface area (Å²) in [4.78, 5) is 4.45. The number of aliphatic hydroxyl groups is 1. The zero-order valence-corrected chi connectivity index (χ0v) is 10.8. The third kappa shape index (κ3) is 2.44. The minimum Gasteiger partial charge on any atom is -0.395 e. The molecule has 0 aliphatic carbocycles. The largest absolute Gasteiger partial charge is 0.395 e. The summed E-state index contributed by atoms with van der Waals surface area (Å²) < 4.78 is 0. The number of pyridine rings is 1. The molecule has 2 aromatic rings. The van der Waals surface area contributed by atoms with Crippen molar-refractivity contribution in [3.05, 3.63) is 36.0 Å². The Morgan fingerprint density at radius 1 is 1.28 bits per heavy atom. The summed E-state index contributed by atoms with van der Waals surface area (Å²) in [5.41, 5.74) is 1.18. The first-order chi connectivity index (χ1) is 8.77. The van der Waals surface area contributed by atoms with E-state index in [0.29, 0.717) is 6.54 Å². The van der Waals surface area contributed by atoms with Gasteiger partial charge in [-0.15, -0.1) is 0 Å². The van der Waals surface area contributed by atoms with Crippen LogP contribution in [0.5, 0.6) is 0 Å². The molecule has 1 aromatic heterocycles. The van der Waals surface area contributed by atoms with E-state index in [-0.39, 0.29) is 12.6 Å². The van der Waals surface area contributed by atoms with Crippen molar-refractivity contribution in [2.24, 2.45) is 0 Å². The summed E-state index contributed by atoms with van der Waals surface area (Å²) >= 11 is 0. The summed E-state index contributed by atoms with van der Waals surface area (Å²) in [6.45, 7) is 2.73. The van der Waals surface area contributed by atoms with Crippen molar-refractivity contribution < 1.29 is 5.11 Å². The maximum absolute atomic E-state index is 8.88. The van der Waals surface area contributed by atoms with E-state index in [1.54, 1.807) is 0 Å². The zero-order valence-electron chi connectivity index (χ0n) is 10.8. The molecule has 96 valence electrons. The number of hydrogen-bond acceptors (Lipinski definition) is 4. The topological polar surface area (TPSA) is 57.2 Å². The van der Waals surface area contributed by atoms with Crippen molar-refractivity contribution in [1.29, 1.82) is 0 Å². The van der Waals surface area contributed by atoms with Gasteiger partial charge in [0, 0.05) is 24.2 Å². The maximum atomic E-state index is 8.88. The van der Waals surface area contributed by atoms with Crippen molar-refractivity contribution in [3.63, 3.8) is 0 Å². The number of nitrogens with zero attached hydrogens (tertiary/aromatic N) is 1. The minimum absolute atomic E-state index is 0.102. The van der Waals surface area contributed by atoms with Crippen LogP contribution in [-0.4, -0.2) is 30.3 Å². The summed E-state index contributed by atoms with van der Waals surface area (Å²) in [6, 6.07) is 8.44. The molecule has 1 atom stereocenters. The average molecular weight is 245 g/mol. The first-order valence-corrected chi connectivity index (χ1v) is 6.17. The molecule has 1 heterocycles. The van der Waals surface area contributed by atoms with E-state index in [1.807, 2.05) is 31.4 Å². The lowest BCUT2D eigenvalue weighted by atomic mass is 10.0. The SMILES string of the molecule is CNC(C)c1cnc(NCCO)c2ccccc12. The van der Waals surface area contributed by atoms with Crippen LogP contribution >= 0.6 is 0 Å². The van der Waals surface area contributed by atoms with Crippen molar-refractivity contribution >= 4 is 16.6 Å². The van der Waals surface area contributed by atoms with Crippen molar-refractivity contribution in [2.45, 2.75) is 13.0 Å². The Bertz CT molecular complexity index is 527. The van der Waals surface area contributed by atoms with E-state index >= 15 is 0 Å². The maximum Gasteiger partial charge on any atom is 0.133 e. The molecule has 0 saturated carbocycles. The second kappa shape index (κ2) is 5.80.